The Kier molecular flexibility index (Phi) is 5.53. The van der Waals surface area contributed by atoms with Crippen molar-refractivity contribution in [2.45, 2.75) is 33.1 Å². The Morgan fingerprint density at radius 3 is 2.59 bits per heavy atom. The third-order valence-electron chi connectivity index (χ3n) is 3.65. The minimum Gasteiger partial charge on any atom is -0.477 e. The van der Waals surface area contributed by atoms with Crippen molar-refractivity contribution in [3.63, 3.8) is 0 Å². The summed E-state index contributed by atoms with van der Waals surface area (Å²) in [6.45, 7) is 6.69. The van der Waals surface area contributed by atoms with E-state index in [0.717, 1.165) is 12.1 Å². The summed E-state index contributed by atoms with van der Waals surface area (Å²) >= 11 is 0. The van der Waals surface area contributed by atoms with Crippen LogP contribution in [0.1, 0.15) is 49.0 Å². The van der Waals surface area contributed by atoms with Gasteiger partial charge in [0.05, 0.1) is 6.61 Å². The number of amides is 1. The highest BCUT2D eigenvalue weighted by Crippen LogP contribution is 2.21. The van der Waals surface area contributed by atoms with Gasteiger partial charge in [-0.05, 0) is 49.1 Å². The van der Waals surface area contributed by atoms with E-state index in [2.05, 4.69) is 36.3 Å². The zero-order chi connectivity index (χ0) is 15.9. The number of hydrogen-bond donors (Lipinski definition) is 1. The second kappa shape index (κ2) is 7.59. The van der Waals surface area contributed by atoms with E-state index in [9.17, 15) is 4.79 Å². The molecule has 0 spiro atoms. The smallest absolute Gasteiger partial charge is 0.261 e. The highest BCUT2D eigenvalue weighted by atomic mass is 16.5. The zero-order valence-corrected chi connectivity index (χ0v) is 13.3. The van der Waals surface area contributed by atoms with E-state index in [4.69, 9.17) is 4.74 Å². The minimum atomic E-state index is -0.215. The Hall–Kier alpha value is -2.36. The first kappa shape index (κ1) is 16.0. The van der Waals surface area contributed by atoms with E-state index in [1.54, 1.807) is 18.3 Å². The van der Waals surface area contributed by atoms with Crippen molar-refractivity contribution >= 4 is 11.6 Å². The Morgan fingerprint density at radius 2 is 1.95 bits per heavy atom. The summed E-state index contributed by atoms with van der Waals surface area (Å²) < 4.78 is 5.39. The van der Waals surface area contributed by atoms with E-state index in [1.165, 1.54) is 5.56 Å². The van der Waals surface area contributed by atoms with E-state index >= 15 is 0 Å². The molecule has 0 aliphatic heterocycles. The number of aromatic nitrogens is 1. The minimum absolute atomic E-state index is 0.215. The highest BCUT2D eigenvalue weighted by molar-refractivity contribution is 6.05. The molecule has 1 amide bonds. The standard InChI is InChI=1S/C18H22N2O2/c1-4-13(3)14-8-10-15(11-9-14)20-17(21)16-7-6-12-19-18(16)22-5-2/h6-13H,4-5H2,1-3H3,(H,20,21)/t13-/m1/s1. The van der Waals surface area contributed by atoms with Gasteiger partial charge < -0.3 is 10.1 Å². The molecular weight excluding hydrogens is 276 g/mol. The van der Waals surface area contributed by atoms with Crippen LogP contribution in [0, 0.1) is 0 Å². The number of benzene rings is 1. The lowest BCUT2D eigenvalue weighted by molar-refractivity contribution is 0.102. The number of anilines is 1. The normalized spacial score (nSPS) is 11.8. The fourth-order valence-corrected chi connectivity index (χ4v) is 2.14. The van der Waals surface area contributed by atoms with Gasteiger partial charge in [0.25, 0.3) is 5.91 Å². The molecule has 4 nitrogen and oxygen atoms in total. The molecule has 116 valence electrons. The van der Waals surface area contributed by atoms with Crippen LogP contribution in [0.25, 0.3) is 0 Å². The lowest BCUT2D eigenvalue weighted by Crippen LogP contribution is -2.14. The van der Waals surface area contributed by atoms with Crippen molar-refractivity contribution in [1.29, 1.82) is 0 Å². The fraction of sp³-hybridized carbons (Fsp3) is 0.333. The number of rotatable bonds is 6. The first-order valence-electron chi connectivity index (χ1n) is 7.64. The summed E-state index contributed by atoms with van der Waals surface area (Å²) in [5.41, 5.74) is 2.48. The van der Waals surface area contributed by atoms with Crippen molar-refractivity contribution < 1.29 is 9.53 Å². The Morgan fingerprint density at radius 1 is 1.23 bits per heavy atom. The quantitative estimate of drug-likeness (QED) is 0.867. The SMILES string of the molecule is CCOc1ncccc1C(=O)Nc1ccc([C@H](C)CC)cc1. The van der Waals surface area contributed by atoms with Gasteiger partial charge in [0.15, 0.2) is 0 Å². The van der Waals surface area contributed by atoms with Crippen molar-refractivity contribution in [3.8, 4) is 5.88 Å². The molecule has 0 saturated carbocycles. The van der Waals surface area contributed by atoms with Crippen LogP contribution in [-0.2, 0) is 0 Å². The van der Waals surface area contributed by atoms with Gasteiger partial charge in [-0.1, -0.05) is 26.0 Å². The van der Waals surface area contributed by atoms with Gasteiger partial charge in [-0.25, -0.2) is 4.98 Å². The number of carbonyl (C=O) groups excluding carboxylic acids is 1. The molecule has 0 aliphatic carbocycles. The van der Waals surface area contributed by atoms with Crippen molar-refractivity contribution in [1.82, 2.24) is 4.98 Å². The molecule has 0 saturated heterocycles. The van der Waals surface area contributed by atoms with Gasteiger partial charge in [0, 0.05) is 11.9 Å². The Labute approximate surface area is 131 Å². The molecule has 0 radical (unpaired) electrons. The molecule has 1 atom stereocenters. The van der Waals surface area contributed by atoms with Gasteiger partial charge in [0.1, 0.15) is 5.56 Å². The maximum atomic E-state index is 12.4. The molecule has 22 heavy (non-hydrogen) atoms. The number of carbonyl (C=O) groups is 1. The molecule has 2 aromatic rings. The number of nitrogens with zero attached hydrogens (tertiary/aromatic N) is 1. The van der Waals surface area contributed by atoms with E-state index in [-0.39, 0.29) is 5.91 Å². The summed E-state index contributed by atoms with van der Waals surface area (Å²) in [5, 5.41) is 2.88. The monoisotopic (exact) mass is 298 g/mol. The first-order chi connectivity index (χ1) is 10.7. The van der Waals surface area contributed by atoms with Crippen LogP contribution in [0.3, 0.4) is 0 Å². The van der Waals surface area contributed by atoms with Crippen LogP contribution in [0.15, 0.2) is 42.6 Å². The second-order valence-corrected chi connectivity index (χ2v) is 5.17. The first-order valence-corrected chi connectivity index (χ1v) is 7.64. The van der Waals surface area contributed by atoms with E-state index in [1.807, 2.05) is 19.1 Å². The Balaban J connectivity index is 2.12. The maximum Gasteiger partial charge on any atom is 0.261 e. The molecule has 1 heterocycles. The van der Waals surface area contributed by atoms with Gasteiger partial charge in [-0.15, -0.1) is 0 Å². The van der Waals surface area contributed by atoms with Gasteiger partial charge >= 0.3 is 0 Å². The molecule has 2 rings (SSSR count). The molecule has 0 bridgehead atoms. The second-order valence-electron chi connectivity index (χ2n) is 5.17. The molecule has 0 aliphatic rings. The number of hydrogen-bond acceptors (Lipinski definition) is 3. The molecule has 1 N–H and O–H groups in total. The largest absolute Gasteiger partial charge is 0.477 e. The third kappa shape index (κ3) is 3.85. The molecule has 0 unspecified atom stereocenters. The van der Waals surface area contributed by atoms with E-state index in [0.29, 0.717) is 24.0 Å². The van der Waals surface area contributed by atoms with Crippen LogP contribution in [-0.4, -0.2) is 17.5 Å². The molecule has 1 aromatic heterocycles. The summed E-state index contributed by atoms with van der Waals surface area (Å²) in [6, 6.07) is 11.4. The summed E-state index contributed by atoms with van der Waals surface area (Å²) in [6.07, 6.45) is 2.71. The van der Waals surface area contributed by atoms with Crippen LogP contribution in [0.5, 0.6) is 5.88 Å². The summed E-state index contributed by atoms with van der Waals surface area (Å²) in [5.74, 6) is 0.666. The summed E-state index contributed by atoms with van der Waals surface area (Å²) in [4.78, 5) is 16.5. The lowest BCUT2D eigenvalue weighted by Gasteiger charge is -2.11. The molecule has 1 aromatic carbocycles. The number of ether oxygens (including phenoxy) is 1. The van der Waals surface area contributed by atoms with Gasteiger partial charge in [0.2, 0.25) is 5.88 Å². The van der Waals surface area contributed by atoms with Crippen LogP contribution >= 0.6 is 0 Å². The highest BCUT2D eigenvalue weighted by Gasteiger charge is 2.13. The van der Waals surface area contributed by atoms with Crippen LogP contribution in [0.2, 0.25) is 0 Å². The molecule has 4 heteroatoms. The van der Waals surface area contributed by atoms with Gasteiger partial charge in [-0.3, -0.25) is 4.79 Å². The number of nitrogens with one attached hydrogen (secondary N) is 1. The van der Waals surface area contributed by atoms with Crippen LogP contribution < -0.4 is 10.1 Å². The number of pyridine rings is 1. The van der Waals surface area contributed by atoms with Gasteiger partial charge in [-0.2, -0.15) is 0 Å². The topological polar surface area (TPSA) is 51.2 Å². The lowest BCUT2D eigenvalue weighted by atomic mass is 9.98. The Bertz CT molecular complexity index is 623. The predicted octanol–water partition coefficient (Wildman–Crippen LogP) is 4.25. The van der Waals surface area contributed by atoms with Crippen molar-refractivity contribution in [2.75, 3.05) is 11.9 Å². The van der Waals surface area contributed by atoms with Crippen molar-refractivity contribution in [3.05, 3.63) is 53.7 Å². The third-order valence-corrected chi connectivity index (χ3v) is 3.65. The maximum absolute atomic E-state index is 12.4. The van der Waals surface area contributed by atoms with E-state index < -0.39 is 0 Å². The molecule has 0 fully saturated rings. The van der Waals surface area contributed by atoms with Crippen molar-refractivity contribution in [2.24, 2.45) is 0 Å². The fourth-order valence-electron chi connectivity index (χ4n) is 2.14. The molecular formula is C18H22N2O2. The average molecular weight is 298 g/mol. The predicted molar refractivity (Wildman–Crippen MR) is 88.5 cm³/mol. The average Bonchev–Trinajstić information content (AvgIpc) is 2.55. The summed E-state index contributed by atoms with van der Waals surface area (Å²) in [7, 11) is 0. The zero-order valence-electron chi connectivity index (χ0n) is 13.3. The van der Waals surface area contributed by atoms with Crippen LogP contribution in [0.4, 0.5) is 5.69 Å².